The molecule has 2 aromatic heterocycles. The standard InChI is InChI=1S/C39H45N9O5/c1-2-40-37(51)34-32(49)33(50)38(53-34)48-24-44-31-35(42-21-29(26-12-5-3-6-13-26)27-14-7-4-8-15-27)45-30(46-36(31)48)22-43-39(52)41-18-20-47-19-17-25-11-9-10-16-28(25)23-47/h3-16,24,29,32-34,38,49-50H,2,17-23H2,1H3,(H,40,51)(H2,41,43,52)(H,42,45,46)/t32-,33+,34-,38+/m0/s1. The van der Waals surface area contributed by atoms with Crippen molar-refractivity contribution in [3.8, 4) is 0 Å². The number of fused-ring (bicyclic) bond motifs is 2. The van der Waals surface area contributed by atoms with E-state index in [1.54, 1.807) is 6.92 Å². The summed E-state index contributed by atoms with van der Waals surface area (Å²) in [6.45, 7) is 5.53. The van der Waals surface area contributed by atoms with Crippen LogP contribution in [-0.2, 0) is 29.0 Å². The SMILES string of the molecule is CCNC(=O)[C@H]1O[C@@H](n2cnc3c(NCC(c4ccccc4)c4ccccc4)nc(CNC(=O)NCCN4CCc5ccccc5C4)nc32)[C@H](O)[C@@H]1O. The molecule has 1 fully saturated rings. The predicted molar refractivity (Wildman–Crippen MR) is 199 cm³/mol. The van der Waals surface area contributed by atoms with Crippen LogP contribution in [-0.4, -0.2) is 97.6 Å². The van der Waals surface area contributed by atoms with E-state index >= 15 is 0 Å². The summed E-state index contributed by atoms with van der Waals surface area (Å²) in [6, 6.07) is 28.4. The molecule has 0 saturated carbocycles. The van der Waals surface area contributed by atoms with Crippen molar-refractivity contribution in [1.29, 1.82) is 0 Å². The fourth-order valence-corrected chi connectivity index (χ4v) is 7.02. The number of aliphatic hydroxyl groups is 2. The van der Waals surface area contributed by atoms with Crippen molar-refractivity contribution in [2.75, 3.05) is 38.0 Å². The highest BCUT2D eigenvalue weighted by Gasteiger charge is 2.47. The van der Waals surface area contributed by atoms with Crippen LogP contribution in [0.5, 0.6) is 0 Å². The second-order valence-electron chi connectivity index (χ2n) is 13.3. The molecule has 14 nitrogen and oxygen atoms in total. The third-order valence-corrected chi connectivity index (χ3v) is 9.80. The van der Waals surface area contributed by atoms with Crippen molar-refractivity contribution in [3.63, 3.8) is 0 Å². The number of carbonyl (C=O) groups excluding carboxylic acids is 2. The molecule has 2 aliphatic heterocycles. The average Bonchev–Trinajstić information content (AvgIpc) is 3.74. The monoisotopic (exact) mass is 719 g/mol. The number of rotatable bonds is 13. The Kier molecular flexibility index (Phi) is 11.2. The molecule has 0 aliphatic carbocycles. The topological polar surface area (TPSA) is 179 Å². The van der Waals surface area contributed by atoms with E-state index in [1.807, 2.05) is 36.4 Å². The number of carbonyl (C=O) groups is 2. The number of urea groups is 1. The van der Waals surface area contributed by atoms with Gasteiger partial charge in [0.05, 0.1) is 12.9 Å². The van der Waals surface area contributed by atoms with Crippen molar-refractivity contribution in [3.05, 3.63) is 119 Å². The second-order valence-corrected chi connectivity index (χ2v) is 13.3. The number of anilines is 1. The molecular formula is C39H45N9O5. The van der Waals surface area contributed by atoms with Gasteiger partial charge in [0.15, 0.2) is 35.1 Å². The molecule has 53 heavy (non-hydrogen) atoms. The molecule has 6 N–H and O–H groups in total. The number of ether oxygens (including phenoxy) is 1. The highest BCUT2D eigenvalue weighted by Crippen LogP contribution is 2.33. The zero-order valence-corrected chi connectivity index (χ0v) is 29.6. The predicted octanol–water partition coefficient (Wildman–Crippen LogP) is 2.68. The van der Waals surface area contributed by atoms with Crippen LogP contribution < -0.4 is 21.3 Å². The van der Waals surface area contributed by atoms with Gasteiger partial charge in [-0.2, -0.15) is 0 Å². The highest BCUT2D eigenvalue weighted by molar-refractivity contribution is 5.84. The number of hydrogen-bond acceptors (Lipinski definition) is 10. The van der Waals surface area contributed by atoms with Gasteiger partial charge in [0, 0.05) is 45.2 Å². The van der Waals surface area contributed by atoms with Gasteiger partial charge in [0.1, 0.15) is 12.2 Å². The minimum absolute atomic E-state index is 0.00223. The number of nitrogens with one attached hydrogen (secondary N) is 4. The molecule has 2 aliphatic rings. The van der Waals surface area contributed by atoms with E-state index in [4.69, 9.17) is 14.7 Å². The minimum Gasteiger partial charge on any atom is -0.387 e. The van der Waals surface area contributed by atoms with Gasteiger partial charge in [0.25, 0.3) is 5.91 Å². The average molecular weight is 720 g/mol. The Morgan fingerprint density at radius 1 is 0.887 bits per heavy atom. The van der Waals surface area contributed by atoms with Crippen LogP contribution in [0.1, 0.15) is 47.1 Å². The Hall–Kier alpha value is -5.41. The minimum atomic E-state index is -1.47. The zero-order chi connectivity index (χ0) is 36.7. The van der Waals surface area contributed by atoms with Crippen LogP contribution in [0.25, 0.3) is 11.2 Å². The van der Waals surface area contributed by atoms with Crippen LogP contribution in [0, 0.1) is 0 Å². The largest absolute Gasteiger partial charge is 0.387 e. The van der Waals surface area contributed by atoms with Gasteiger partial charge in [-0.3, -0.25) is 14.3 Å². The highest BCUT2D eigenvalue weighted by atomic mass is 16.6. The van der Waals surface area contributed by atoms with Crippen molar-refractivity contribution >= 4 is 28.9 Å². The molecule has 276 valence electrons. The Morgan fingerprint density at radius 3 is 2.30 bits per heavy atom. The van der Waals surface area contributed by atoms with E-state index in [-0.39, 0.29) is 24.3 Å². The zero-order valence-electron chi connectivity index (χ0n) is 29.6. The summed E-state index contributed by atoms with van der Waals surface area (Å²) in [5.74, 6) is 0.144. The Balaban J connectivity index is 1.10. The molecule has 3 aromatic carbocycles. The molecule has 1 saturated heterocycles. The molecule has 0 spiro atoms. The van der Waals surface area contributed by atoms with Crippen LogP contribution in [0.2, 0.25) is 0 Å². The number of amides is 3. The Labute approximate surface area is 307 Å². The lowest BCUT2D eigenvalue weighted by Gasteiger charge is -2.28. The first-order valence-electron chi connectivity index (χ1n) is 18.1. The van der Waals surface area contributed by atoms with Gasteiger partial charge in [-0.05, 0) is 35.6 Å². The number of benzene rings is 3. The summed E-state index contributed by atoms with van der Waals surface area (Å²) >= 11 is 0. The number of imidazole rings is 1. The van der Waals surface area contributed by atoms with Crippen molar-refractivity contribution in [1.82, 2.24) is 40.4 Å². The molecule has 4 atom stereocenters. The first-order chi connectivity index (χ1) is 25.9. The van der Waals surface area contributed by atoms with E-state index < -0.39 is 30.4 Å². The maximum Gasteiger partial charge on any atom is 0.315 e. The van der Waals surface area contributed by atoms with Crippen LogP contribution in [0.4, 0.5) is 10.6 Å². The fraction of sp³-hybridized carbons (Fsp3) is 0.359. The number of aliphatic hydroxyl groups excluding tert-OH is 2. The molecule has 3 amide bonds. The fourth-order valence-electron chi connectivity index (χ4n) is 7.02. The van der Waals surface area contributed by atoms with Gasteiger partial charge in [-0.1, -0.05) is 84.9 Å². The first kappa shape index (κ1) is 36.0. The Bertz CT molecular complexity index is 1970. The summed E-state index contributed by atoms with van der Waals surface area (Å²) < 4.78 is 7.39. The van der Waals surface area contributed by atoms with Crippen molar-refractivity contribution in [2.45, 2.75) is 56.9 Å². The summed E-state index contributed by atoms with van der Waals surface area (Å²) in [7, 11) is 0. The smallest absolute Gasteiger partial charge is 0.315 e. The second kappa shape index (κ2) is 16.5. The van der Waals surface area contributed by atoms with E-state index in [9.17, 15) is 19.8 Å². The quantitative estimate of drug-likeness (QED) is 0.106. The van der Waals surface area contributed by atoms with Gasteiger partial charge in [-0.15, -0.1) is 0 Å². The molecular weight excluding hydrogens is 674 g/mol. The van der Waals surface area contributed by atoms with Crippen LogP contribution in [0.3, 0.4) is 0 Å². The lowest BCUT2D eigenvalue weighted by Crippen LogP contribution is -2.42. The molecule has 0 bridgehead atoms. The lowest BCUT2D eigenvalue weighted by atomic mass is 9.91. The van der Waals surface area contributed by atoms with E-state index in [2.05, 4.69) is 79.7 Å². The van der Waals surface area contributed by atoms with Crippen molar-refractivity contribution < 1.29 is 24.5 Å². The normalized spacial score (nSPS) is 19.9. The van der Waals surface area contributed by atoms with E-state index in [1.165, 1.54) is 22.0 Å². The van der Waals surface area contributed by atoms with Gasteiger partial charge in [0.2, 0.25) is 0 Å². The van der Waals surface area contributed by atoms with Crippen LogP contribution >= 0.6 is 0 Å². The summed E-state index contributed by atoms with van der Waals surface area (Å²) in [5, 5.41) is 33.7. The molecule has 5 aromatic rings. The number of hydrogen-bond donors (Lipinski definition) is 6. The molecule has 0 unspecified atom stereocenters. The molecule has 0 radical (unpaired) electrons. The Morgan fingerprint density at radius 2 is 1.58 bits per heavy atom. The molecule has 7 rings (SSSR count). The van der Waals surface area contributed by atoms with Crippen molar-refractivity contribution in [2.24, 2.45) is 0 Å². The maximum absolute atomic E-state index is 12.9. The number of nitrogens with zero attached hydrogens (tertiary/aromatic N) is 5. The maximum atomic E-state index is 12.9. The van der Waals surface area contributed by atoms with E-state index in [0.29, 0.717) is 43.2 Å². The number of aromatic nitrogens is 4. The van der Waals surface area contributed by atoms with Gasteiger partial charge in [-0.25, -0.2) is 19.7 Å². The summed E-state index contributed by atoms with van der Waals surface area (Å²) in [4.78, 5) is 42.0. The van der Waals surface area contributed by atoms with Gasteiger partial charge < -0.3 is 36.2 Å². The first-order valence-corrected chi connectivity index (χ1v) is 18.1. The third-order valence-electron chi connectivity index (χ3n) is 9.80. The van der Waals surface area contributed by atoms with E-state index in [0.717, 1.165) is 30.6 Å². The molecule has 14 heteroatoms. The lowest BCUT2D eigenvalue weighted by molar-refractivity contribution is -0.137. The van der Waals surface area contributed by atoms with Gasteiger partial charge >= 0.3 is 6.03 Å². The summed E-state index contributed by atoms with van der Waals surface area (Å²) in [5.41, 5.74) is 5.62. The molecule has 4 heterocycles. The third kappa shape index (κ3) is 8.15. The number of likely N-dealkylation sites (N-methyl/N-ethyl adjacent to an activating group) is 1. The van der Waals surface area contributed by atoms with Crippen LogP contribution in [0.15, 0.2) is 91.3 Å². The summed E-state index contributed by atoms with van der Waals surface area (Å²) in [6.07, 6.45) is -2.91.